The molecule has 0 N–H and O–H groups in total. The molecule has 0 aromatic heterocycles. The smallest absolute Gasteiger partial charge is 0.175 e. The fourth-order valence-corrected chi connectivity index (χ4v) is 3.28. The van der Waals surface area contributed by atoms with Crippen molar-refractivity contribution < 1.29 is 18.1 Å². The van der Waals surface area contributed by atoms with Gasteiger partial charge in [-0.15, -0.1) is 0 Å². The molecule has 1 aliphatic heterocycles. The van der Waals surface area contributed by atoms with Gasteiger partial charge in [0.1, 0.15) is 5.82 Å². The van der Waals surface area contributed by atoms with Crippen molar-refractivity contribution in [3.05, 3.63) is 35.6 Å². The minimum atomic E-state index is -1.17. The van der Waals surface area contributed by atoms with Crippen molar-refractivity contribution in [2.45, 2.75) is 18.1 Å². The fourth-order valence-electron chi connectivity index (χ4n) is 1.91. The van der Waals surface area contributed by atoms with E-state index in [2.05, 4.69) is 0 Å². The number of benzene rings is 1. The Kier molecular flexibility index (Phi) is 4.60. The third kappa shape index (κ3) is 3.46. The molecule has 0 radical (unpaired) electrons. The molecule has 1 aromatic rings. The van der Waals surface area contributed by atoms with Gasteiger partial charge >= 0.3 is 0 Å². The van der Waals surface area contributed by atoms with E-state index >= 15 is 0 Å². The Morgan fingerprint density at radius 2 is 1.89 bits per heavy atom. The van der Waals surface area contributed by atoms with E-state index in [0.29, 0.717) is 18.8 Å². The average Bonchev–Trinajstić information content (AvgIpc) is 2.40. The van der Waals surface area contributed by atoms with Crippen molar-refractivity contribution in [2.24, 2.45) is 0 Å². The second-order valence-electron chi connectivity index (χ2n) is 4.27. The van der Waals surface area contributed by atoms with Gasteiger partial charge < -0.3 is 4.74 Å². The first-order valence-corrected chi connectivity index (χ1v) is 7.29. The standard InChI is InChI=1S/C13H15FO3S/c14-11-3-1-10(2-4-11)13(15)9-18(16)12-5-7-17-8-6-12/h1-4,12H,5-9H2. The maximum Gasteiger partial charge on any atom is 0.175 e. The molecule has 2 rings (SSSR count). The lowest BCUT2D eigenvalue weighted by atomic mass is 10.1. The van der Waals surface area contributed by atoms with Crippen LogP contribution in [0, 0.1) is 5.82 Å². The highest BCUT2D eigenvalue weighted by Gasteiger charge is 2.22. The highest BCUT2D eigenvalue weighted by Crippen LogP contribution is 2.14. The summed E-state index contributed by atoms with van der Waals surface area (Å²) in [5.74, 6) is -0.562. The second kappa shape index (κ2) is 6.20. The summed E-state index contributed by atoms with van der Waals surface area (Å²) in [5.41, 5.74) is 0.414. The highest BCUT2D eigenvalue weighted by molar-refractivity contribution is 7.86. The maximum absolute atomic E-state index is 12.7. The molecule has 3 nitrogen and oxygen atoms in total. The summed E-state index contributed by atoms with van der Waals surface area (Å²) in [6, 6.07) is 5.34. The Balaban J connectivity index is 1.94. The molecule has 1 atom stereocenters. The SMILES string of the molecule is O=C(CS(=O)C1CCOCC1)c1ccc(F)cc1. The summed E-state index contributed by atoms with van der Waals surface area (Å²) in [5, 5.41) is 0.0446. The van der Waals surface area contributed by atoms with Crippen LogP contribution in [0.15, 0.2) is 24.3 Å². The molecule has 1 fully saturated rings. The minimum absolute atomic E-state index is 0.0102. The van der Waals surface area contributed by atoms with E-state index in [4.69, 9.17) is 4.74 Å². The first-order chi connectivity index (χ1) is 8.66. The molecule has 1 aliphatic rings. The summed E-state index contributed by atoms with van der Waals surface area (Å²) in [7, 11) is -1.17. The summed E-state index contributed by atoms with van der Waals surface area (Å²) in [6.45, 7) is 1.22. The largest absolute Gasteiger partial charge is 0.381 e. The van der Waals surface area contributed by atoms with Gasteiger partial charge in [0.05, 0.1) is 5.75 Å². The van der Waals surface area contributed by atoms with Crippen molar-refractivity contribution in [1.82, 2.24) is 0 Å². The van der Waals surface area contributed by atoms with E-state index in [1.165, 1.54) is 24.3 Å². The van der Waals surface area contributed by atoms with Crippen LogP contribution in [0.3, 0.4) is 0 Å². The van der Waals surface area contributed by atoms with E-state index in [-0.39, 0.29) is 22.6 Å². The molecule has 0 spiro atoms. The molecule has 0 bridgehead atoms. The van der Waals surface area contributed by atoms with Crippen LogP contribution in [0.5, 0.6) is 0 Å². The van der Waals surface area contributed by atoms with Crippen molar-refractivity contribution in [1.29, 1.82) is 0 Å². The first kappa shape index (κ1) is 13.4. The predicted molar refractivity (Wildman–Crippen MR) is 67.6 cm³/mol. The van der Waals surface area contributed by atoms with Crippen molar-refractivity contribution >= 4 is 16.6 Å². The van der Waals surface area contributed by atoms with E-state index in [9.17, 15) is 13.4 Å². The second-order valence-corrected chi connectivity index (χ2v) is 5.98. The number of hydrogen-bond donors (Lipinski definition) is 0. The number of halogens is 1. The molecule has 1 unspecified atom stereocenters. The highest BCUT2D eigenvalue weighted by atomic mass is 32.2. The van der Waals surface area contributed by atoms with Crippen LogP contribution in [0.4, 0.5) is 4.39 Å². The molecule has 1 heterocycles. The lowest BCUT2D eigenvalue weighted by molar-refractivity contribution is 0.0980. The topological polar surface area (TPSA) is 43.4 Å². The van der Waals surface area contributed by atoms with Crippen molar-refractivity contribution in [3.63, 3.8) is 0 Å². The molecule has 0 aliphatic carbocycles. The normalized spacial score (nSPS) is 18.5. The zero-order chi connectivity index (χ0) is 13.0. The zero-order valence-electron chi connectivity index (χ0n) is 9.93. The number of Topliss-reactive ketones (excluding diaryl/α,β-unsaturated/α-hetero) is 1. The van der Waals surface area contributed by atoms with Gasteiger partial charge in [-0.3, -0.25) is 9.00 Å². The van der Waals surface area contributed by atoms with Crippen LogP contribution in [0.2, 0.25) is 0 Å². The van der Waals surface area contributed by atoms with Gasteiger partial charge in [0, 0.05) is 34.8 Å². The molecule has 1 saturated heterocycles. The number of carbonyl (C=O) groups excluding carboxylic acids is 1. The van der Waals surface area contributed by atoms with Gasteiger partial charge in [-0.1, -0.05) is 0 Å². The number of ether oxygens (including phenoxy) is 1. The molecule has 0 amide bonds. The van der Waals surface area contributed by atoms with Crippen LogP contribution >= 0.6 is 0 Å². The van der Waals surface area contributed by atoms with E-state index in [0.717, 1.165) is 12.8 Å². The van der Waals surface area contributed by atoms with Crippen molar-refractivity contribution in [3.8, 4) is 0 Å². The van der Waals surface area contributed by atoms with E-state index < -0.39 is 10.8 Å². The number of carbonyl (C=O) groups is 1. The fraction of sp³-hybridized carbons (Fsp3) is 0.462. The lowest BCUT2D eigenvalue weighted by Crippen LogP contribution is -2.28. The zero-order valence-corrected chi connectivity index (χ0v) is 10.7. The van der Waals surface area contributed by atoms with E-state index in [1.807, 2.05) is 0 Å². The molecular formula is C13H15FO3S. The lowest BCUT2D eigenvalue weighted by Gasteiger charge is -2.20. The quantitative estimate of drug-likeness (QED) is 0.785. The molecule has 18 heavy (non-hydrogen) atoms. The van der Waals surface area contributed by atoms with Crippen LogP contribution in [-0.4, -0.2) is 34.2 Å². The minimum Gasteiger partial charge on any atom is -0.381 e. The van der Waals surface area contributed by atoms with Crippen LogP contribution < -0.4 is 0 Å². The van der Waals surface area contributed by atoms with Crippen LogP contribution in [-0.2, 0) is 15.5 Å². The third-order valence-corrected chi connectivity index (χ3v) is 4.74. The van der Waals surface area contributed by atoms with Crippen molar-refractivity contribution in [2.75, 3.05) is 19.0 Å². The molecule has 98 valence electrons. The van der Waals surface area contributed by atoms with Gasteiger partial charge in [-0.05, 0) is 37.1 Å². The monoisotopic (exact) mass is 270 g/mol. The van der Waals surface area contributed by atoms with Gasteiger partial charge in [0.2, 0.25) is 0 Å². The molecule has 1 aromatic carbocycles. The maximum atomic E-state index is 12.7. The Bertz CT molecular complexity index is 438. The van der Waals surface area contributed by atoms with Gasteiger partial charge in [-0.25, -0.2) is 4.39 Å². The van der Waals surface area contributed by atoms with Gasteiger partial charge in [-0.2, -0.15) is 0 Å². The van der Waals surface area contributed by atoms with Crippen LogP contribution in [0.1, 0.15) is 23.2 Å². The third-order valence-electron chi connectivity index (χ3n) is 2.98. The number of hydrogen-bond acceptors (Lipinski definition) is 3. The summed E-state index contributed by atoms with van der Waals surface area (Å²) < 4.78 is 29.9. The van der Waals surface area contributed by atoms with Gasteiger partial charge in [0.15, 0.2) is 5.78 Å². The Labute approximate surface area is 108 Å². The first-order valence-electron chi connectivity index (χ1n) is 5.90. The average molecular weight is 270 g/mol. The number of ketones is 1. The summed E-state index contributed by atoms with van der Waals surface area (Å²) in [4.78, 5) is 11.9. The van der Waals surface area contributed by atoms with Gasteiger partial charge in [0.25, 0.3) is 0 Å². The summed E-state index contributed by atoms with van der Waals surface area (Å²) >= 11 is 0. The Morgan fingerprint density at radius 1 is 1.28 bits per heavy atom. The number of rotatable bonds is 4. The molecular weight excluding hydrogens is 255 g/mol. The predicted octanol–water partition coefficient (Wildman–Crippen LogP) is 1.94. The Morgan fingerprint density at radius 3 is 2.50 bits per heavy atom. The Hall–Kier alpha value is -1.07. The van der Waals surface area contributed by atoms with E-state index in [1.54, 1.807) is 0 Å². The van der Waals surface area contributed by atoms with Crippen LogP contribution in [0.25, 0.3) is 0 Å². The summed E-state index contributed by atoms with van der Waals surface area (Å²) in [6.07, 6.45) is 1.48. The molecule has 0 saturated carbocycles. The molecule has 5 heteroatoms.